The van der Waals surface area contributed by atoms with Crippen molar-refractivity contribution in [1.82, 2.24) is 10.6 Å². The molecule has 6 aliphatic carbocycles. The molecule has 6 aliphatic rings. The van der Waals surface area contributed by atoms with Gasteiger partial charge in [-0.3, -0.25) is 67.1 Å². The van der Waals surface area contributed by atoms with Crippen LogP contribution in [0.1, 0.15) is 138 Å². The van der Waals surface area contributed by atoms with Gasteiger partial charge in [-0.2, -0.15) is 0 Å². The first kappa shape index (κ1) is 70.6. The molecule has 9 aromatic rings. The van der Waals surface area contributed by atoms with E-state index >= 15 is 0 Å². The van der Waals surface area contributed by atoms with Gasteiger partial charge in [0.1, 0.15) is 54.9 Å². The number of nitrogens with one attached hydrogen (secondary N) is 2. The van der Waals surface area contributed by atoms with Gasteiger partial charge in [0.25, 0.3) is 0 Å². The van der Waals surface area contributed by atoms with Crippen molar-refractivity contribution in [3.8, 4) is 34.5 Å². The van der Waals surface area contributed by atoms with Gasteiger partial charge in [-0.15, -0.1) is 0 Å². The number of allylic oxidation sites excluding steroid dienone is 12. The zero-order valence-corrected chi connectivity index (χ0v) is 58.0. The molecule has 0 radical (unpaired) electrons. The third-order valence-corrected chi connectivity index (χ3v) is 17.9. The van der Waals surface area contributed by atoms with Crippen LogP contribution in [-0.2, 0) is 9.59 Å². The Hall–Kier alpha value is -13.8. The number of carbonyl (C=O) groups excluding carboxylic acids is 14. The summed E-state index contributed by atoms with van der Waals surface area (Å²) in [4.78, 5) is 176. The minimum Gasteiger partial charge on any atom is -0.453 e. The highest BCUT2D eigenvalue weighted by atomic mass is 79.9. The van der Waals surface area contributed by atoms with Gasteiger partial charge in [-0.05, 0) is 105 Å². The van der Waals surface area contributed by atoms with E-state index in [-0.39, 0.29) is 146 Å². The number of hydrogen-bond donors (Lipinski definition) is 2. The monoisotopic (exact) mass is 1540 g/mol. The molecule has 0 heterocycles. The van der Waals surface area contributed by atoms with Crippen molar-refractivity contribution in [2.45, 2.75) is 13.8 Å². The lowest BCUT2D eigenvalue weighted by Crippen LogP contribution is -2.34. The Morgan fingerprint density at radius 2 is 0.443 bits per heavy atom. The first-order valence-electron chi connectivity index (χ1n) is 31.8. The summed E-state index contributed by atoms with van der Waals surface area (Å²) in [6.45, 7) is 2.41. The Morgan fingerprint density at radius 1 is 0.245 bits per heavy atom. The average Bonchev–Trinajstić information content (AvgIpc) is 0.786. The van der Waals surface area contributed by atoms with E-state index in [4.69, 9.17) is 28.4 Å². The topological polar surface area (TPSA) is 318 Å². The summed E-state index contributed by atoms with van der Waals surface area (Å²) < 4.78 is 34.3. The minimum atomic E-state index is -0.589. The number of fused-ring (bicyclic) bond motifs is 6. The molecule has 518 valence electrons. The highest BCUT2D eigenvalue weighted by Crippen LogP contribution is 2.37. The van der Waals surface area contributed by atoms with E-state index in [9.17, 15) is 67.1 Å². The molecule has 2 amide bonds. The molecule has 0 spiro atoms. The lowest BCUT2D eigenvalue weighted by molar-refractivity contribution is -0.119. The number of carbonyl (C=O) groups is 14. The van der Waals surface area contributed by atoms with Crippen LogP contribution in [0.3, 0.4) is 0 Å². The van der Waals surface area contributed by atoms with Crippen molar-refractivity contribution in [3.63, 3.8) is 0 Å². The van der Waals surface area contributed by atoms with Crippen LogP contribution in [0.15, 0.2) is 285 Å². The van der Waals surface area contributed by atoms with E-state index < -0.39 is 46.5 Å². The maximum atomic E-state index is 13.2. The Labute approximate surface area is 616 Å². The van der Waals surface area contributed by atoms with Crippen molar-refractivity contribution < 1.29 is 95.5 Å². The Bertz CT molecular complexity index is 5330. The van der Waals surface area contributed by atoms with E-state index in [1.54, 1.807) is 121 Å². The third kappa shape index (κ3) is 14.0. The van der Waals surface area contributed by atoms with E-state index in [0.29, 0.717) is 44.9 Å². The Balaban J connectivity index is 0.000000142. The predicted octanol–water partition coefficient (Wildman–Crippen LogP) is 13.5. The van der Waals surface area contributed by atoms with Crippen LogP contribution in [0.4, 0.5) is 0 Å². The summed E-state index contributed by atoms with van der Waals surface area (Å²) in [6, 6.07) is 56.4. The molecule has 9 aromatic carbocycles. The van der Waals surface area contributed by atoms with Gasteiger partial charge in [0.2, 0.25) is 81.2 Å². The molecule has 0 atom stereocenters. The number of hydrogen-bond acceptors (Lipinski definition) is 20. The van der Waals surface area contributed by atoms with Gasteiger partial charge in [0, 0.05) is 92.8 Å². The SMILES string of the molecule is CC(=O)NC1=C(Oc2ccc(OC3=C(NC(C)=O)C(=O)c4ccccc4C3=O)cc2)C(=O)c2ccccc2C1=O.O=C1C(Br)=C(Oc2ccc(OC3=C(Br)C(=O)c4ccccc4C3=O)cc2)C(=O)c2ccccc21.O=C1C=C(Oc2ccc(OC3=CC(=O)c4ccccc4C3=O)cc2)C(=O)c2ccccc21. The maximum absolute atomic E-state index is 13.2. The molecular formula is C82H46Br2N2O20. The summed E-state index contributed by atoms with van der Waals surface area (Å²) >= 11 is 6.36. The molecule has 0 saturated carbocycles. The Morgan fingerprint density at radius 3 is 0.698 bits per heavy atom. The lowest BCUT2D eigenvalue weighted by atomic mass is 9.91. The van der Waals surface area contributed by atoms with Gasteiger partial charge in [0.05, 0.1) is 0 Å². The van der Waals surface area contributed by atoms with Crippen molar-refractivity contribution >= 4 is 113 Å². The molecule has 0 aromatic heterocycles. The Kier molecular flexibility index (Phi) is 19.7. The number of Topliss-reactive ketones (excluding diaryl/α,β-unsaturated/α-hetero) is 10. The number of ketones is 12. The minimum absolute atomic E-state index is 0.0376. The zero-order chi connectivity index (χ0) is 74.8. The van der Waals surface area contributed by atoms with E-state index in [2.05, 4.69) is 42.5 Å². The largest absolute Gasteiger partial charge is 0.453 e. The molecule has 0 unspecified atom stereocenters. The van der Waals surface area contributed by atoms with Crippen molar-refractivity contribution in [2.75, 3.05) is 0 Å². The molecule has 0 aliphatic heterocycles. The molecule has 22 nitrogen and oxygen atoms in total. The summed E-state index contributed by atoms with van der Waals surface area (Å²) in [5, 5.41) is 4.77. The summed E-state index contributed by atoms with van der Waals surface area (Å²) in [7, 11) is 0. The molecule has 106 heavy (non-hydrogen) atoms. The third-order valence-electron chi connectivity index (χ3n) is 16.5. The van der Waals surface area contributed by atoms with Gasteiger partial charge in [-0.25, -0.2) is 0 Å². The number of ether oxygens (including phenoxy) is 6. The van der Waals surface area contributed by atoms with Crippen molar-refractivity contribution in [1.29, 1.82) is 0 Å². The normalized spacial score (nSPS) is 14.9. The first-order valence-corrected chi connectivity index (χ1v) is 33.4. The lowest BCUT2D eigenvalue weighted by Gasteiger charge is -2.22. The van der Waals surface area contributed by atoms with Crippen LogP contribution in [0.2, 0.25) is 0 Å². The van der Waals surface area contributed by atoms with Gasteiger partial charge in [0.15, 0.2) is 34.6 Å². The van der Waals surface area contributed by atoms with E-state index in [1.807, 2.05) is 0 Å². The van der Waals surface area contributed by atoms with Crippen molar-refractivity contribution in [3.05, 3.63) is 352 Å². The smallest absolute Gasteiger partial charge is 0.231 e. The highest BCUT2D eigenvalue weighted by molar-refractivity contribution is 9.12. The van der Waals surface area contributed by atoms with Crippen LogP contribution < -0.4 is 39.1 Å². The van der Waals surface area contributed by atoms with Gasteiger partial charge in [-0.1, -0.05) is 146 Å². The number of amides is 2. The quantitative estimate of drug-likeness (QED) is 0.102. The van der Waals surface area contributed by atoms with Crippen LogP contribution in [0, 0.1) is 0 Å². The second-order valence-corrected chi connectivity index (χ2v) is 25.0. The number of benzene rings is 9. The predicted molar refractivity (Wildman–Crippen MR) is 383 cm³/mol. The van der Waals surface area contributed by atoms with Crippen molar-refractivity contribution in [2.24, 2.45) is 0 Å². The molecule has 0 fully saturated rings. The maximum Gasteiger partial charge on any atom is 0.231 e. The van der Waals surface area contributed by atoms with Crippen LogP contribution in [0.25, 0.3) is 0 Å². The van der Waals surface area contributed by atoms with Gasteiger partial charge >= 0.3 is 0 Å². The fourth-order valence-electron chi connectivity index (χ4n) is 11.5. The van der Waals surface area contributed by atoms with Crippen LogP contribution >= 0.6 is 31.9 Å². The fourth-order valence-corrected chi connectivity index (χ4v) is 12.4. The molecule has 15 rings (SSSR count). The first-order chi connectivity index (χ1) is 51.0. The number of rotatable bonds is 14. The average molecular weight is 1540 g/mol. The highest BCUT2D eigenvalue weighted by Gasteiger charge is 2.39. The second-order valence-electron chi connectivity index (χ2n) is 23.4. The summed E-state index contributed by atoms with van der Waals surface area (Å²) in [5.41, 5.74) is 2.41. The molecule has 0 bridgehead atoms. The molecular weight excluding hydrogens is 1490 g/mol. The summed E-state index contributed by atoms with van der Waals surface area (Å²) in [5.74, 6) is -5.97. The van der Waals surface area contributed by atoms with Crippen LogP contribution in [0.5, 0.6) is 34.5 Å². The van der Waals surface area contributed by atoms with Crippen LogP contribution in [-0.4, -0.2) is 81.2 Å². The molecule has 2 N–H and O–H groups in total. The van der Waals surface area contributed by atoms with E-state index in [0.717, 1.165) is 0 Å². The van der Waals surface area contributed by atoms with Gasteiger partial charge < -0.3 is 39.1 Å². The fraction of sp³-hybridized carbons (Fsp3) is 0.0244. The molecule has 24 heteroatoms. The molecule has 0 saturated heterocycles. The number of halogens is 2. The second kappa shape index (κ2) is 29.6. The summed E-state index contributed by atoms with van der Waals surface area (Å²) in [6.07, 6.45) is 2.34. The van der Waals surface area contributed by atoms with E-state index in [1.165, 1.54) is 123 Å². The zero-order valence-electron chi connectivity index (χ0n) is 54.9. The standard InChI is InChI=1S/C30H20N2O8.C26H12Br2O6.C26H14O6/c1-15(33)31-23-25(35)19-7-3-5-9-21(19)27(37)29(23)39-17-11-13-18(14-12-17)40-30-24(32-16(2)34)26(36)20-8-4-6-10-22(20)28(30)38;27-19-21(29)15-5-1-3-7-17(15)23(31)25(19)33-13-9-11-14(12-10-13)34-26-20(28)22(30)16-6-2-4-8-18(16)24(26)32;27-21-13-23(25(29)19-7-3-1-5-17(19)21)31-15-9-11-16(12-10-15)32-24-14-22(28)18-6-2-4-8-20(18)26(24)30/h3-14H,1-2H3,(H,31,33)(H,32,34);1-12H;1-14H.